The van der Waals surface area contributed by atoms with E-state index in [9.17, 15) is 9.59 Å². The zero-order valence-corrected chi connectivity index (χ0v) is 20.8. The van der Waals surface area contributed by atoms with Gasteiger partial charge in [-0.25, -0.2) is 0 Å². The molecule has 10 heteroatoms. The molecule has 3 N–H and O–H groups in total. The van der Waals surface area contributed by atoms with Crippen LogP contribution in [0.5, 0.6) is 0 Å². The van der Waals surface area contributed by atoms with Gasteiger partial charge in [-0.1, -0.05) is 42.3 Å². The first-order valence-electron chi connectivity index (χ1n) is 10.5. The topological polar surface area (TPSA) is 103 Å². The number of anilines is 1. The van der Waals surface area contributed by atoms with E-state index in [-0.39, 0.29) is 23.9 Å². The summed E-state index contributed by atoms with van der Waals surface area (Å²) in [4.78, 5) is 27.1. The summed E-state index contributed by atoms with van der Waals surface area (Å²) in [5, 5.41) is 12.8. The Kier molecular flexibility index (Phi) is 7.02. The second-order valence-electron chi connectivity index (χ2n) is 7.51. The van der Waals surface area contributed by atoms with E-state index in [0.717, 1.165) is 11.3 Å². The molecular formula is C24H21Cl2N5O2S. The maximum Gasteiger partial charge on any atom is 0.253 e. The number of carbonyl (C=O) groups excluding carboxylic acids is 2. The standard InChI is InChI=1S/C24H21Cl2N5O2S/c1-3-15-11-18(22(32)16-6-4-5-7-19(16)26)24(34-15)31-13(2)29-30-21(31)12-28-23(33)17-9-8-14(25)10-20(17)27/h4-11H,3,12,27H2,1-2H3,(H,28,33). The highest BCUT2D eigenvalue weighted by molar-refractivity contribution is 7.15. The van der Waals surface area contributed by atoms with Crippen molar-refractivity contribution in [3.8, 4) is 5.00 Å². The zero-order valence-electron chi connectivity index (χ0n) is 18.4. The van der Waals surface area contributed by atoms with E-state index in [2.05, 4.69) is 15.5 Å². The van der Waals surface area contributed by atoms with Gasteiger partial charge in [0.1, 0.15) is 10.8 Å². The number of carbonyl (C=O) groups is 2. The number of halogens is 2. The highest BCUT2D eigenvalue weighted by Crippen LogP contribution is 2.32. The van der Waals surface area contributed by atoms with Gasteiger partial charge in [0.25, 0.3) is 5.91 Å². The van der Waals surface area contributed by atoms with Gasteiger partial charge in [0.05, 0.1) is 22.7 Å². The molecule has 0 aliphatic rings. The van der Waals surface area contributed by atoms with Crippen molar-refractivity contribution in [2.24, 2.45) is 0 Å². The number of thiophene rings is 1. The van der Waals surface area contributed by atoms with Crippen molar-refractivity contribution in [2.75, 3.05) is 5.73 Å². The van der Waals surface area contributed by atoms with Crippen LogP contribution in [0.25, 0.3) is 5.00 Å². The number of nitrogens with one attached hydrogen (secondary N) is 1. The maximum atomic E-state index is 13.4. The molecule has 0 spiro atoms. The van der Waals surface area contributed by atoms with Crippen molar-refractivity contribution >= 4 is 51.9 Å². The Hall–Kier alpha value is -3.20. The lowest BCUT2D eigenvalue weighted by atomic mass is 10.0. The molecule has 2 aromatic carbocycles. The second-order valence-corrected chi connectivity index (χ2v) is 9.47. The van der Waals surface area contributed by atoms with E-state index in [4.69, 9.17) is 28.9 Å². The van der Waals surface area contributed by atoms with Gasteiger partial charge in [-0.05, 0) is 49.7 Å². The van der Waals surface area contributed by atoms with Gasteiger partial charge in [-0.3, -0.25) is 14.2 Å². The van der Waals surface area contributed by atoms with Crippen LogP contribution < -0.4 is 11.1 Å². The summed E-state index contributed by atoms with van der Waals surface area (Å²) in [5.74, 6) is 0.520. The number of amides is 1. The van der Waals surface area contributed by atoms with Crippen molar-refractivity contribution in [1.29, 1.82) is 0 Å². The number of nitrogens with two attached hydrogens (primary N) is 1. The van der Waals surface area contributed by atoms with E-state index in [0.29, 0.717) is 43.4 Å². The molecule has 0 bridgehead atoms. The molecular weight excluding hydrogens is 493 g/mol. The molecule has 0 aliphatic heterocycles. The van der Waals surface area contributed by atoms with E-state index in [1.807, 2.05) is 13.0 Å². The molecule has 0 radical (unpaired) electrons. The van der Waals surface area contributed by atoms with Gasteiger partial charge >= 0.3 is 0 Å². The van der Waals surface area contributed by atoms with Crippen LogP contribution in [-0.4, -0.2) is 26.5 Å². The van der Waals surface area contributed by atoms with Gasteiger partial charge in [0.15, 0.2) is 11.6 Å². The first-order chi connectivity index (χ1) is 16.3. The number of nitrogen functional groups attached to an aromatic ring is 1. The minimum atomic E-state index is -0.367. The van der Waals surface area contributed by atoms with Crippen LogP contribution in [0, 0.1) is 6.92 Å². The lowest BCUT2D eigenvalue weighted by Gasteiger charge is -2.11. The van der Waals surface area contributed by atoms with Crippen molar-refractivity contribution in [3.05, 3.63) is 91.8 Å². The number of nitrogens with zero attached hydrogens (tertiary/aromatic N) is 3. The van der Waals surface area contributed by atoms with Gasteiger partial charge in [-0.2, -0.15) is 0 Å². The molecule has 2 heterocycles. The Morgan fingerprint density at radius 2 is 1.82 bits per heavy atom. The third-order valence-electron chi connectivity index (χ3n) is 5.24. The Balaban J connectivity index is 1.68. The number of aromatic nitrogens is 3. The summed E-state index contributed by atoms with van der Waals surface area (Å²) in [6.07, 6.45) is 0.760. The Labute approximate surface area is 210 Å². The predicted octanol–water partition coefficient (Wildman–Crippen LogP) is 5.25. The molecule has 4 aromatic rings. The quantitative estimate of drug-likeness (QED) is 0.259. The zero-order chi connectivity index (χ0) is 24.4. The molecule has 0 fully saturated rings. The summed E-state index contributed by atoms with van der Waals surface area (Å²) in [7, 11) is 0. The Morgan fingerprint density at radius 1 is 1.06 bits per heavy atom. The average Bonchev–Trinajstić information content (AvgIpc) is 3.40. The fourth-order valence-electron chi connectivity index (χ4n) is 3.50. The van der Waals surface area contributed by atoms with Gasteiger partial charge in [0, 0.05) is 21.2 Å². The summed E-state index contributed by atoms with van der Waals surface area (Å²) in [5.41, 5.74) is 7.45. The smallest absolute Gasteiger partial charge is 0.253 e. The van der Waals surface area contributed by atoms with Crippen LogP contribution in [0.3, 0.4) is 0 Å². The summed E-state index contributed by atoms with van der Waals surface area (Å²) in [6, 6.07) is 13.5. The number of aryl methyl sites for hydroxylation is 2. The SMILES string of the molecule is CCc1cc(C(=O)c2ccccc2Cl)c(-n2c(C)nnc2CNC(=O)c2ccc(Cl)cc2N)s1. The van der Waals surface area contributed by atoms with E-state index in [1.54, 1.807) is 47.9 Å². The third-order valence-corrected chi connectivity index (χ3v) is 7.06. The van der Waals surface area contributed by atoms with Crippen LogP contribution in [0.1, 0.15) is 49.7 Å². The lowest BCUT2D eigenvalue weighted by molar-refractivity contribution is 0.0949. The fraction of sp³-hybridized carbons (Fsp3) is 0.167. The molecule has 0 aliphatic carbocycles. The third kappa shape index (κ3) is 4.70. The van der Waals surface area contributed by atoms with E-state index in [1.165, 1.54) is 17.4 Å². The second kappa shape index (κ2) is 9.97. The summed E-state index contributed by atoms with van der Waals surface area (Å²) >= 11 is 13.7. The fourth-order valence-corrected chi connectivity index (χ4v) is 5.07. The number of hydrogen-bond donors (Lipinski definition) is 2. The highest BCUT2D eigenvalue weighted by atomic mass is 35.5. The van der Waals surface area contributed by atoms with Crippen LogP contribution in [0.4, 0.5) is 5.69 Å². The minimum absolute atomic E-state index is 0.0841. The van der Waals surface area contributed by atoms with E-state index >= 15 is 0 Å². The number of hydrogen-bond acceptors (Lipinski definition) is 6. The molecule has 0 saturated carbocycles. The number of benzene rings is 2. The van der Waals surface area contributed by atoms with Crippen LogP contribution >= 0.6 is 34.5 Å². The first kappa shape index (κ1) is 23.9. The van der Waals surface area contributed by atoms with Crippen molar-refractivity contribution in [1.82, 2.24) is 20.1 Å². The monoisotopic (exact) mass is 513 g/mol. The lowest BCUT2D eigenvalue weighted by Crippen LogP contribution is -2.25. The van der Waals surface area contributed by atoms with E-state index < -0.39 is 0 Å². The van der Waals surface area contributed by atoms with Crippen molar-refractivity contribution < 1.29 is 9.59 Å². The molecule has 7 nitrogen and oxygen atoms in total. The van der Waals surface area contributed by atoms with Crippen molar-refractivity contribution in [3.63, 3.8) is 0 Å². The van der Waals surface area contributed by atoms with Gasteiger partial charge in [0.2, 0.25) is 0 Å². The molecule has 2 aromatic heterocycles. The first-order valence-corrected chi connectivity index (χ1v) is 12.0. The van der Waals surface area contributed by atoms with Crippen LogP contribution in [-0.2, 0) is 13.0 Å². The summed E-state index contributed by atoms with van der Waals surface area (Å²) < 4.78 is 1.79. The largest absolute Gasteiger partial charge is 0.398 e. The predicted molar refractivity (Wildman–Crippen MR) is 135 cm³/mol. The summed E-state index contributed by atoms with van der Waals surface area (Å²) in [6.45, 7) is 3.90. The Bertz CT molecular complexity index is 1400. The molecule has 1 amide bonds. The number of ketones is 1. The minimum Gasteiger partial charge on any atom is -0.398 e. The molecule has 0 saturated heterocycles. The van der Waals surface area contributed by atoms with Crippen LogP contribution in [0.2, 0.25) is 10.0 Å². The molecule has 0 atom stereocenters. The maximum absolute atomic E-state index is 13.4. The normalized spacial score (nSPS) is 10.9. The van der Waals surface area contributed by atoms with Gasteiger partial charge < -0.3 is 11.1 Å². The van der Waals surface area contributed by atoms with Gasteiger partial charge in [-0.15, -0.1) is 21.5 Å². The molecule has 0 unspecified atom stereocenters. The molecule has 4 rings (SSSR count). The number of rotatable bonds is 7. The highest BCUT2D eigenvalue weighted by Gasteiger charge is 2.24. The van der Waals surface area contributed by atoms with Crippen LogP contribution in [0.15, 0.2) is 48.5 Å². The molecule has 174 valence electrons. The van der Waals surface area contributed by atoms with Crippen molar-refractivity contribution in [2.45, 2.75) is 26.8 Å². The molecule has 34 heavy (non-hydrogen) atoms. The Morgan fingerprint density at radius 3 is 2.53 bits per heavy atom. The average molecular weight is 514 g/mol.